The number of amides is 2. The van der Waals surface area contributed by atoms with Crippen molar-refractivity contribution in [2.24, 2.45) is 0 Å². The van der Waals surface area contributed by atoms with Crippen LogP contribution in [0.2, 0.25) is 0 Å². The second kappa shape index (κ2) is 7.01. The number of rotatable bonds is 4. The number of nitrogens with one attached hydrogen (secondary N) is 1. The lowest BCUT2D eigenvalue weighted by atomic mass is 10.0. The normalized spacial score (nSPS) is 19.1. The van der Waals surface area contributed by atoms with Crippen LogP contribution in [-0.4, -0.2) is 40.4 Å². The highest BCUT2D eigenvalue weighted by Crippen LogP contribution is 2.44. The molecule has 0 aromatic heterocycles. The minimum absolute atomic E-state index is 0.181. The minimum atomic E-state index is -4.75. The lowest BCUT2D eigenvalue weighted by Gasteiger charge is -2.25. The quantitative estimate of drug-likeness (QED) is 0.732. The molecule has 0 saturated carbocycles. The fourth-order valence-corrected chi connectivity index (χ4v) is 3.59. The Morgan fingerprint density at radius 3 is 2.39 bits per heavy atom. The van der Waals surface area contributed by atoms with Gasteiger partial charge in [-0.2, -0.15) is 4.67 Å². The number of anilines is 1. The summed E-state index contributed by atoms with van der Waals surface area (Å²) in [6, 6.07) is 6.11. The summed E-state index contributed by atoms with van der Waals surface area (Å²) in [5.41, 5.74) is 1.27. The Kier molecular flexibility index (Phi) is 5.47. The maximum Gasteiger partial charge on any atom is 0.438 e. The summed E-state index contributed by atoms with van der Waals surface area (Å²) < 4.78 is 12.2. The van der Waals surface area contributed by atoms with E-state index >= 15 is 0 Å². The summed E-state index contributed by atoms with van der Waals surface area (Å²) in [6.45, 7) is 4.50. The van der Waals surface area contributed by atoms with Crippen LogP contribution >= 0.6 is 7.75 Å². The van der Waals surface area contributed by atoms with Gasteiger partial charge in [0.05, 0.1) is 5.69 Å². The number of carbonyl (C=O) groups excluding carboxylic acids is 1. The summed E-state index contributed by atoms with van der Waals surface area (Å²) in [5.74, 6) is 0. The highest BCUT2D eigenvalue weighted by atomic mass is 31.2. The Hall–Kier alpha value is -1.40. The van der Waals surface area contributed by atoms with Crippen LogP contribution < -0.4 is 9.99 Å². The average molecular weight is 341 g/mol. The zero-order valence-corrected chi connectivity index (χ0v) is 14.5. The number of hydrogen-bond acceptors (Lipinski definition) is 3. The number of nitrogens with zero attached hydrogens (tertiary/aromatic N) is 2. The summed E-state index contributed by atoms with van der Waals surface area (Å²) in [4.78, 5) is 33.4. The van der Waals surface area contributed by atoms with E-state index in [0.717, 1.165) is 24.9 Å². The molecule has 0 bridgehead atoms. The Morgan fingerprint density at radius 2 is 1.96 bits per heavy atom. The number of hydrogen-bond donors (Lipinski definition) is 3. The smallest absolute Gasteiger partial charge is 0.335 e. The third-order valence-electron chi connectivity index (χ3n) is 3.91. The first kappa shape index (κ1) is 17.9. The van der Waals surface area contributed by atoms with Crippen LogP contribution in [-0.2, 0) is 4.57 Å². The van der Waals surface area contributed by atoms with Gasteiger partial charge in [-0.1, -0.05) is 12.1 Å². The zero-order chi connectivity index (χ0) is 17.2. The predicted octanol–water partition coefficient (Wildman–Crippen LogP) is 2.47. The fourth-order valence-electron chi connectivity index (χ4n) is 2.86. The molecule has 1 aromatic rings. The molecule has 0 radical (unpaired) electrons. The van der Waals surface area contributed by atoms with Gasteiger partial charge in [0.25, 0.3) is 0 Å². The molecule has 1 atom stereocenters. The number of benzene rings is 1. The van der Waals surface area contributed by atoms with Crippen LogP contribution in [0.3, 0.4) is 0 Å². The summed E-state index contributed by atoms with van der Waals surface area (Å²) in [6.07, 6.45) is 2.19. The van der Waals surface area contributed by atoms with E-state index in [1.54, 1.807) is 26.0 Å². The fraction of sp³-hybridized carbons (Fsp3) is 0.533. The maximum absolute atomic E-state index is 12.1. The van der Waals surface area contributed by atoms with Gasteiger partial charge in [0.15, 0.2) is 0 Å². The molecule has 1 fully saturated rings. The molecule has 128 valence electrons. The van der Waals surface area contributed by atoms with Crippen molar-refractivity contribution in [2.45, 2.75) is 38.8 Å². The molecule has 1 saturated heterocycles. The lowest BCUT2D eigenvalue weighted by molar-refractivity contribution is 0.245. The molecule has 0 aliphatic carbocycles. The van der Waals surface area contributed by atoms with Gasteiger partial charge in [0.2, 0.25) is 0 Å². The van der Waals surface area contributed by atoms with Crippen molar-refractivity contribution >= 4 is 19.5 Å². The van der Waals surface area contributed by atoms with Crippen LogP contribution in [0.1, 0.15) is 38.3 Å². The molecule has 1 unspecified atom stereocenters. The Bertz CT molecular complexity index is 599. The molecule has 1 heterocycles. The van der Waals surface area contributed by atoms with Crippen LogP contribution in [0.5, 0.6) is 0 Å². The van der Waals surface area contributed by atoms with Crippen molar-refractivity contribution < 1.29 is 19.1 Å². The standard InChI is InChI=1S/C15H24N3O4P/c1-11(2)16-15(19)18(23(20,21)22)13-8-6-12(7-9-13)14-5-4-10-17(14)3/h6-9,11,14H,4-5,10H2,1-3H3,(H,16,19)(H2,20,21,22). The molecule has 7 nitrogen and oxygen atoms in total. The van der Waals surface area contributed by atoms with Gasteiger partial charge < -0.3 is 15.1 Å². The molecular formula is C15H24N3O4P. The van der Waals surface area contributed by atoms with Crippen molar-refractivity contribution in [3.63, 3.8) is 0 Å². The molecule has 2 amide bonds. The van der Waals surface area contributed by atoms with Gasteiger partial charge in [-0.15, -0.1) is 0 Å². The van der Waals surface area contributed by atoms with Crippen molar-refractivity contribution in [1.82, 2.24) is 10.2 Å². The van der Waals surface area contributed by atoms with Gasteiger partial charge in [-0.3, -0.25) is 4.90 Å². The van der Waals surface area contributed by atoms with E-state index in [-0.39, 0.29) is 11.7 Å². The van der Waals surface area contributed by atoms with Gasteiger partial charge in [0, 0.05) is 12.1 Å². The zero-order valence-electron chi connectivity index (χ0n) is 13.6. The van der Waals surface area contributed by atoms with E-state index in [1.165, 1.54) is 0 Å². The third kappa shape index (κ3) is 4.32. The van der Waals surface area contributed by atoms with Gasteiger partial charge in [-0.05, 0) is 58.0 Å². The van der Waals surface area contributed by atoms with E-state index in [9.17, 15) is 19.1 Å². The van der Waals surface area contributed by atoms with Crippen LogP contribution in [0.15, 0.2) is 24.3 Å². The predicted molar refractivity (Wildman–Crippen MR) is 89.2 cm³/mol. The van der Waals surface area contributed by atoms with Crippen molar-refractivity contribution in [3.8, 4) is 0 Å². The van der Waals surface area contributed by atoms with E-state index in [4.69, 9.17) is 0 Å². The monoisotopic (exact) mass is 341 g/mol. The van der Waals surface area contributed by atoms with Gasteiger partial charge in [-0.25, -0.2) is 9.36 Å². The average Bonchev–Trinajstić information content (AvgIpc) is 2.83. The van der Waals surface area contributed by atoms with Crippen molar-refractivity contribution in [2.75, 3.05) is 18.3 Å². The molecule has 23 heavy (non-hydrogen) atoms. The molecule has 1 aromatic carbocycles. The number of urea groups is 1. The summed E-state index contributed by atoms with van der Waals surface area (Å²) >= 11 is 0. The van der Waals surface area contributed by atoms with Crippen LogP contribution in [0.25, 0.3) is 0 Å². The number of carbonyl (C=O) groups is 1. The highest BCUT2D eigenvalue weighted by molar-refractivity contribution is 7.54. The van der Waals surface area contributed by atoms with Crippen molar-refractivity contribution in [1.29, 1.82) is 0 Å². The first-order valence-electron chi connectivity index (χ1n) is 7.67. The SMILES string of the molecule is CC(C)NC(=O)N(c1ccc(C2CCCN2C)cc1)P(=O)(O)O. The Morgan fingerprint density at radius 1 is 1.35 bits per heavy atom. The largest absolute Gasteiger partial charge is 0.438 e. The lowest BCUT2D eigenvalue weighted by Crippen LogP contribution is -2.41. The van der Waals surface area contributed by atoms with E-state index in [1.807, 2.05) is 12.1 Å². The summed E-state index contributed by atoms with van der Waals surface area (Å²) in [7, 11) is -2.69. The molecule has 0 spiro atoms. The number of likely N-dealkylation sites (tertiary alicyclic amines) is 1. The molecule has 2 rings (SSSR count). The Balaban J connectivity index is 2.26. The van der Waals surface area contributed by atoms with E-state index in [2.05, 4.69) is 17.3 Å². The Labute approximate surface area is 136 Å². The highest BCUT2D eigenvalue weighted by Gasteiger charge is 2.33. The van der Waals surface area contributed by atoms with Gasteiger partial charge >= 0.3 is 13.8 Å². The molecule has 1 aliphatic heterocycles. The first-order valence-corrected chi connectivity index (χ1v) is 9.23. The summed E-state index contributed by atoms with van der Waals surface area (Å²) in [5, 5.41) is 2.51. The minimum Gasteiger partial charge on any atom is -0.335 e. The van der Waals surface area contributed by atoms with Gasteiger partial charge in [0.1, 0.15) is 0 Å². The maximum atomic E-state index is 12.1. The third-order valence-corrected chi connectivity index (χ3v) is 4.84. The molecular weight excluding hydrogens is 317 g/mol. The molecule has 3 N–H and O–H groups in total. The van der Waals surface area contributed by atoms with Crippen LogP contribution in [0, 0.1) is 0 Å². The van der Waals surface area contributed by atoms with Crippen LogP contribution in [0.4, 0.5) is 10.5 Å². The van der Waals surface area contributed by atoms with E-state index < -0.39 is 13.8 Å². The second-order valence-corrected chi connectivity index (χ2v) is 7.59. The van der Waals surface area contributed by atoms with E-state index in [0.29, 0.717) is 10.7 Å². The molecule has 1 aliphatic rings. The topological polar surface area (TPSA) is 93.1 Å². The van der Waals surface area contributed by atoms with Crippen molar-refractivity contribution in [3.05, 3.63) is 29.8 Å². The first-order chi connectivity index (χ1) is 10.7. The molecule has 8 heteroatoms. The second-order valence-electron chi connectivity index (χ2n) is 6.16.